The highest BCUT2D eigenvalue weighted by Crippen LogP contribution is 2.19. The highest BCUT2D eigenvalue weighted by Gasteiger charge is 2.16. The molecule has 0 aliphatic carbocycles. The minimum absolute atomic E-state index is 0.0222. The number of nitrogens with one attached hydrogen (secondary N) is 1. The Bertz CT molecular complexity index is 618. The van der Waals surface area contributed by atoms with Gasteiger partial charge in [0, 0.05) is 17.0 Å². The van der Waals surface area contributed by atoms with Crippen LogP contribution in [0.1, 0.15) is 34.6 Å². The first kappa shape index (κ1) is 14.0. The van der Waals surface area contributed by atoms with E-state index in [-0.39, 0.29) is 17.6 Å². The van der Waals surface area contributed by atoms with E-state index in [9.17, 15) is 9.59 Å². The zero-order chi connectivity index (χ0) is 14.5. The summed E-state index contributed by atoms with van der Waals surface area (Å²) in [5.41, 5.74) is 1.67. The number of hydrogen-bond acceptors (Lipinski definition) is 2. The van der Waals surface area contributed by atoms with E-state index >= 15 is 0 Å². The minimum Gasteiger partial charge on any atom is -0.321 e. The molecule has 3 nitrogen and oxygen atoms in total. The van der Waals surface area contributed by atoms with Gasteiger partial charge in [0.2, 0.25) is 0 Å². The zero-order valence-electron chi connectivity index (χ0n) is 11.6. The number of rotatable bonds is 4. The van der Waals surface area contributed by atoms with Gasteiger partial charge in [0.05, 0.1) is 5.69 Å². The van der Waals surface area contributed by atoms with Crippen LogP contribution in [0.15, 0.2) is 54.6 Å². The Labute approximate surface area is 118 Å². The van der Waals surface area contributed by atoms with E-state index < -0.39 is 0 Å². The number of carbonyl (C=O) groups is 2. The van der Waals surface area contributed by atoms with Gasteiger partial charge in [-0.25, -0.2) is 0 Å². The van der Waals surface area contributed by atoms with Crippen LogP contribution < -0.4 is 5.32 Å². The lowest BCUT2D eigenvalue weighted by Gasteiger charge is -2.11. The van der Waals surface area contributed by atoms with Crippen LogP contribution in [0.5, 0.6) is 0 Å². The van der Waals surface area contributed by atoms with Crippen molar-refractivity contribution in [2.24, 2.45) is 5.92 Å². The fourth-order valence-electron chi connectivity index (χ4n) is 1.90. The molecule has 0 aliphatic rings. The number of amides is 1. The van der Waals surface area contributed by atoms with E-state index in [0.29, 0.717) is 16.8 Å². The summed E-state index contributed by atoms with van der Waals surface area (Å²) in [6.07, 6.45) is 0. The number of Topliss-reactive ketones (excluding diaryl/α,β-unsaturated/α-hetero) is 1. The lowest BCUT2D eigenvalue weighted by atomic mass is 9.99. The van der Waals surface area contributed by atoms with Crippen molar-refractivity contribution in [3.05, 3.63) is 65.7 Å². The second-order valence-electron chi connectivity index (χ2n) is 4.88. The second-order valence-corrected chi connectivity index (χ2v) is 4.88. The Balaban J connectivity index is 2.26. The van der Waals surface area contributed by atoms with Gasteiger partial charge in [0.1, 0.15) is 0 Å². The third-order valence-electron chi connectivity index (χ3n) is 3.00. The number of ketones is 1. The Hall–Kier alpha value is -2.42. The highest BCUT2D eigenvalue weighted by molar-refractivity contribution is 6.09. The SMILES string of the molecule is CC(C)C(=O)c1ccccc1NC(=O)c1ccccc1. The average Bonchev–Trinajstić information content (AvgIpc) is 2.48. The molecule has 2 rings (SSSR count). The van der Waals surface area contributed by atoms with E-state index in [1.54, 1.807) is 48.5 Å². The van der Waals surface area contributed by atoms with Gasteiger partial charge in [-0.2, -0.15) is 0 Å². The molecule has 0 fully saturated rings. The molecule has 1 N–H and O–H groups in total. The lowest BCUT2D eigenvalue weighted by Crippen LogP contribution is -2.16. The average molecular weight is 267 g/mol. The summed E-state index contributed by atoms with van der Waals surface area (Å²) in [5.74, 6) is -0.298. The molecule has 0 saturated heterocycles. The maximum atomic E-state index is 12.1. The third kappa shape index (κ3) is 3.12. The van der Waals surface area contributed by atoms with E-state index in [0.717, 1.165) is 0 Å². The second kappa shape index (κ2) is 6.15. The van der Waals surface area contributed by atoms with Gasteiger partial charge in [0.25, 0.3) is 5.91 Å². The van der Waals surface area contributed by atoms with Crippen molar-refractivity contribution >= 4 is 17.4 Å². The first-order valence-electron chi connectivity index (χ1n) is 6.59. The monoisotopic (exact) mass is 267 g/mol. The quantitative estimate of drug-likeness (QED) is 0.857. The van der Waals surface area contributed by atoms with Crippen LogP contribution in [-0.2, 0) is 0 Å². The number of anilines is 1. The number of benzene rings is 2. The summed E-state index contributed by atoms with van der Waals surface area (Å²) in [4.78, 5) is 24.3. The molecule has 20 heavy (non-hydrogen) atoms. The minimum atomic E-state index is -0.213. The first-order chi connectivity index (χ1) is 9.59. The van der Waals surface area contributed by atoms with E-state index in [2.05, 4.69) is 5.32 Å². The van der Waals surface area contributed by atoms with Crippen molar-refractivity contribution in [3.63, 3.8) is 0 Å². The number of hydrogen-bond donors (Lipinski definition) is 1. The van der Waals surface area contributed by atoms with Crippen molar-refractivity contribution in [1.82, 2.24) is 0 Å². The van der Waals surface area contributed by atoms with Crippen LogP contribution in [-0.4, -0.2) is 11.7 Å². The molecule has 3 heteroatoms. The molecule has 0 spiro atoms. The predicted octanol–water partition coefficient (Wildman–Crippen LogP) is 3.78. The summed E-state index contributed by atoms with van der Waals surface area (Å²) in [6.45, 7) is 3.69. The molecule has 0 radical (unpaired) electrons. The summed E-state index contributed by atoms with van der Waals surface area (Å²) >= 11 is 0. The van der Waals surface area contributed by atoms with Crippen LogP contribution in [0.25, 0.3) is 0 Å². The van der Waals surface area contributed by atoms with Crippen molar-refractivity contribution in [2.75, 3.05) is 5.32 Å². The van der Waals surface area contributed by atoms with Crippen molar-refractivity contribution < 1.29 is 9.59 Å². The molecule has 102 valence electrons. The molecule has 0 bridgehead atoms. The van der Waals surface area contributed by atoms with Crippen LogP contribution in [0.3, 0.4) is 0 Å². The molecular weight excluding hydrogens is 250 g/mol. The molecule has 0 unspecified atom stereocenters. The van der Waals surface area contributed by atoms with Crippen molar-refractivity contribution in [2.45, 2.75) is 13.8 Å². The van der Waals surface area contributed by atoms with Crippen molar-refractivity contribution in [1.29, 1.82) is 0 Å². The zero-order valence-corrected chi connectivity index (χ0v) is 11.6. The van der Waals surface area contributed by atoms with Crippen LogP contribution in [0.4, 0.5) is 5.69 Å². The molecule has 0 atom stereocenters. The van der Waals surface area contributed by atoms with Gasteiger partial charge >= 0.3 is 0 Å². The Morgan fingerprint density at radius 1 is 0.900 bits per heavy atom. The van der Waals surface area contributed by atoms with E-state index in [4.69, 9.17) is 0 Å². The first-order valence-corrected chi connectivity index (χ1v) is 6.59. The molecule has 0 heterocycles. The fourth-order valence-corrected chi connectivity index (χ4v) is 1.90. The molecule has 0 aliphatic heterocycles. The van der Waals surface area contributed by atoms with Crippen LogP contribution >= 0.6 is 0 Å². The van der Waals surface area contributed by atoms with E-state index in [1.165, 1.54) is 0 Å². The van der Waals surface area contributed by atoms with Gasteiger partial charge in [-0.1, -0.05) is 44.2 Å². The standard InChI is InChI=1S/C17H17NO2/c1-12(2)16(19)14-10-6-7-11-15(14)18-17(20)13-8-4-3-5-9-13/h3-12H,1-2H3,(H,18,20). The van der Waals surface area contributed by atoms with Gasteiger partial charge in [0.15, 0.2) is 5.78 Å². The largest absolute Gasteiger partial charge is 0.321 e. The maximum Gasteiger partial charge on any atom is 0.255 e. The summed E-state index contributed by atoms with van der Waals surface area (Å²) in [5, 5.41) is 2.80. The molecular formula is C17H17NO2. The molecule has 2 aromatic carbocycles. The summed E-state index contributed by atoms with van der Waals surface area (Å²) < 4.78 is 0. The number of carbonyl (C=O) groups excluding carboxylic acids is 2. The molecule has 1 amide bonds. The molecule has 0 saturated carbocycles. The van der Waals surface area contributed by atoms with Gasteiger partial charge in [-0.15, -0.1) is 0 Å². The lowest BCUT2D eigenvalue weighted by molar-refractivity contribution is 0.0940. The predicted molar refractivity (Wildman–Crippen MR) is 80.0 cm³/mol. The topological polar surface area (TPSA) is 46.2 Å². The summed E-state index contributed by atoms with van der Waals surface area (Å²) in [6, 6.07) is 16.0. The highest BCUT2D eigenvalue weighted by atomic mass is 16.1. The fraction of sp³-hybridized carbons (Fsp3) is 0.176. The van der Waals surface area contributed by atoms with Gasteiger partial charge < -0.3 is 5.32 Å². The van der Waals surface area contributed by atoms with Crippen molar-refractivity contribution in [3.8, 4) is 0 Å². The number of para-hydroxylation sites is 1. The normalized spacial score (nSPS) is 10.3. The van der Waals surface area contributed by atoms with Gasteiger partial charge in [-0.05, 0) is 24.3 Å². The Kier molecular flexibility index (Phi) is 4.31. The maximum absolute atomic E-state index is 12.1. The molecule has 0 aromatic heterocycles. The van der Waals surface area contributed by atoms with E-state index in [1.807, 2.05) is 19.9 Å². The van der Waals surface area contributed by atoms with Crippen LogP contribution in [0, 0.1) is 5.92 Å². The third-order valence-corrected chi connectivity index (χ3v) is 3.00. The Morgan fingerprint density at radius 3 is 2.15 bits per heavy atom. The summed E-state index contributed by atoms with van der Waals surface area (Å²) in [7, 11) is 0. The molecule has 2 aromatic rings. The Morgan fingerprint density at radius 2 is 1.50 bits per heavy atom. The smallest absolute Gasteiger partial charge is 0.255 e. The van der Waals surface area contributed by atoms with Gasteiger partial charge in [-0.3, -0.25) is 9.59 Å². The van der Waals surface area contributed by atoms with Crippen LogP contribution in [0.2, 0.25) is 0 Å².